The number of benzene rings is 1. The van der Waals surface area contributed by atoms with Crippen molar-refractivity contribution in [2.75, 3.05) is 25.4 Å². The standard InChI is InChI=1S/C25H26F4N6O3/c1-23(2,16-4-3-5-17(26)11-16)32-22(36)34-7-6-24(14-34)20-12-18(33-35(20)8-9-37-24)15-10-19(21(30)31-13-15)38-25(27,28)29/h3-5,10-13H,6-9,14H2,1-2H3,(H2,30,31)(H,32,36). The third-order valence-corrected chi connectivity index (χ3v) is 6.82. The number of nitrogens with zero attached hydrogens (tertiary/aromatic N) is 4. The number of carbonyl (C=O) groups is 1. The van der Waals surface area contributed by atoms with Gasteiger partial charge in [0.1, 0.15) is 11.4 Å². The lowest BCUT2D eigenvalue weighted by molar-refractivity contribution is -0.274. The zero-order chi connectivity index (χ0) is 27.3. The van der Waals surface area contributed by atoms with Gasteiger partial charge in [-0.25, -0.2) is 14.2 Å². The van der Waals surface area contributed by atoms with Gasteiger partial charge < -0.3 is 25.4 Å². The van der Waals surface area contributed by atoms with Gasteiger partial charge in [0.15, 0.2) is 11.6 Å². The first-order valence-corrected chi connectivity index (χ1v) is 11.9. The van der Waals surface area contributed by atoms with Crippen molar-refractivity contribution in [1.29, 1.82) is 0 Å². The number of hydrogen-bond donors (Lipinski definition) is 2. The van der Waals surface area contributed by atoms with Gasteiger partial charge >= 0.3 is 12.4 Å². The van der Waals surface area contributed by atoms with Gasteiger partial charge in [-0.2, -0.15) is 5.10 Å². The van der Waals surface area contributed by atoms with Crippen LogP contribution in [0.4, 0.5) is 28.2 Å². The zero-order valence-corrected chi connectivity index (χ0v) is 20.7. The number of alkyl halides is 3. The molecule has 1 aromatic carbocycles. The number of aromatic nitrogens is 3. The maximum atomic E-state index is 13.7. The second-order valence-corrected chi connectivity index (χ2v) is 9.87. The van der Waals surface area contributed by atoms with Crippen molar-refractivity contribution < 1.29 is 31.8 Å². The van der Waals surface area contributed by atoms with E-state index in [9.17, 15) is 22.4 Å². The second-order valence-electron chi connectivity index (χ2n) is 9.87. The lowest BCUT2D eigenvalue weighted by atomic mass is 9.94. The Kier molecular flexibility index (Phi) is 6.21. The maximum absolute atomic E-state index is 13.7. The van der Waals surface area contributed by atoms with E-state index in [1.807, 2.05) is 0 Å². The van der Waals surface area contributed by atoms with Crippen molar-refractivity contribution in [1.82, 2.24) is 25.0 Å². The number of nitrogens with one attached hydrogen (secondary N) is 1. The number of urea groups is 1. The fraction of sp³-hybridized carbons (Fsp3) is 0.400. The molecule has 2 aliphatic rings. The van der Waals surface area contributed by atoms with Crippen LogP contribution in [0.3, 0.4) is 0 Å². The van der Waals surface area contributed by atoms with Crippen LogP contribution in [0.1, 0.15) is 31.5 Å². The van der Waals surface area contributed by atoms with Crippen LogP contribution in [0, 0.1) is 5.82 Å². The van der Waals surface area contributed by atoms with Crippen molar-refractivity contribution in [3.8, 4) is 17.0 Å². The Labute approximate surface area is 215 Å². The minimum absolute atomic E-state index is 0.242. The first-order valence-electron chi connectivity index (χ1n) is 11.9. The summed E-state index contributed by atoms with van der Waals surface area (Å²) in [5.41, 5.74) is 5.89. The molecule has 0 radical (unpaired) electrons. The molecule has 9 nitrogen and oxygen atoms in total. The highest BCUT2D eigenvalue weighted by Gasteiger charge is 2.47. The third kappa shape index (κ3) is 4.97. The van der Waals surface area contributed by atoms with E-state index in [0.717, 1.165) is 6.07 Å². The van der Waals surface area contributed by atoms with Crippen LogP contribution in [0.25, 0.3) is 11.3 Å². The smallest absolute Gasteiger partial charge is 0.402 e. The number of anilines is 1. The van der Waals surface area contributed by atoms with Crippen molar-refractivity contribution >= 4 is 11.8 Å². The van der Waals surface area contributed by atoms with E-state index < -0.39 is 34.9 Å². The van der Waals surface area contributed by atoms with E-state index in [1.54, 1.807) is 41.6 Å². The molecule has 0 saturated carbocycles. The highest BCUT2D eigenvalue weighted by molar-refractivity contribution is 5.76. The predicted octanol–water partition coefficient (Wildman–Crippen LogP) is 4.14. The van der Waals surface area contributed by atoms with E-state index in [4.69, 9.17) is 10.5 Å². The largest absolute Gasteiger partial charge is 0.573 e. The minimum atomic E-state index is -4.92. The molecular formula is C25H26F4N6O3. The molecule has 0 aliphatic carbocycles. The van der Waals surface area contributed by atoms with Crippen LogP contribution in [-0.2, 0) is 22.4 Å². The topological polar surface area (TPSA) is 108 Å². The summed E-state index contributed by atoms with van der Waals surface area (Å²) in [4.78, 5) is 18.6. The highest BCUT2D eigenvalue weighted by Crippen LogP contribution is 2.40. The molecule has 2 aromatic heterocycles. The average molecular weight is 535 g/mol. The summed E-state index contributed by atoms with van der Waals surface area (Å²) in [6.07, 6.45) is -3.10. The quantitative estimate of drug-likeness (QED) is 0.488. The summed E-state index contributed by atoms with van der Waals surface area (Å²) in [6.45, 7) is 5.01. The predicted molar refractivity (Wildman–Crippen MR) is 128 cm³/mol. The van der Waals surface area contributed by atoms with Crippen molar-refractivity contribution in [2.24, 2.45) is 0 Å². The third-order valence-electron chi connectivity index (χ3n) is 6.82. The van der Waals surface area contributed by atoms with Crippen molar-refractivity contribution in [3.63, 3.8) is 0 Å². The molecule has 202 valence electrons. The van der Waals surface area contributed by atoms with Gasteiger partial charge in [-0.1, -0.05) is 12.1 Å². The summed E-state index contributed by atoms with van der Waals surface area (Å²) < 4.78 is 63.9. The summed E-state index contributed by atoms with van der Waals surface area (Å²) in [7, 11) is 0. The summed E-state index contributed by atoms with van der Waals surface area (Å²) in [6, 6.07) is 8.60. The van der Waals surface area contributed by atoms with Crippen LogP contribution in [-0.4, -0.2) is 51.8 Å². The highest BCUT2D eigenvalue weighted by atomic mass is 19.4. The van der Waals surface area contributed by atoms with Gasteiger partial charge in [0.05, 0.1) is 36.6 Å². The lowest BCUT2D eigenvalue weighted by Gasteiger charge is -2.35. The van der Waals surface area contributed by atoms with E-state index in [0.29, 0.717) is 48.6 Å². The van der Waals surface area contributed by atoms with E-state index in [1.165, 1.54) is 18.3 Å². The molecule has 4 heterocycles. The Bertz CT molecular complexity index is 1380. The Morgan fingerprint density at radius 1 is 1.21 bits per heavy atom. The number of nitrogens with two attached hydrogens (primary N) is 1. The molecule has 1 spiro atoms. The van der Waals surface area contributed by atoms with Gasteiger partial charge in [0.2, 0.25) is 0 Å². The molecule has 1 atom stereocenters. The van der Waals surface area contributed by atoms with Gasteiger partial charge in [0.25, 0.3) is 0 Å². The number of pyridine rings is 1. The van der Waals surface area contributed by atoms with Crippen LogP contribution in [0.2, 0.25) is 0 Å². The monoisotopic (exact) mass is 534 g/mol. The number of fused-ring (bicyclic) bond motifs is 2. The second kappa shape index (κ2) is 9.15. The van der Waals surface area contributed by atoms with E-state index in [-0.39, 0.29) is 12.6 Å². The lowest BCUT2D eigenvalue weighted by Crippen LogP contribution is -2.49. The molecule has 3 aromatic rings. The molecule has 1 fully saturated rings. The number of rotatable bonds is 4. The van der Waals surface area contributed by atoms with E-state index >= 15 is 0 Å². The SMILES string of the molecule is CC(C)(NC(=O)N1CCC2(C1)OCCn1nc(-c3cnc(N)c(OC(F)(F)F)c3)cc12)c1cccc(F)c1. The normalized spacial score (nSPS) is 19.5. The minimum Gasteiger partial charge on any atom is -0.402 e. The number of halogens is 4. The van der Waals surface area contributed by atoms with Crippen molar-refractivity contribution in [3.05, 3.63) is 59.7 Å². The van der Waals surface area contributed by atoms with Gasteiger partial charge in [-0.15, -0.1) is 13.2 Å². The number of ether oxygens (including phenoxy) is 2. The van der Waals surface area contributed by atoms with Gasteiger partial charge in [0, 0.05) is 24.7 Å². The Hall–Kier alpha value is -3.87. The molecule has 0 bridgehead atoms. The van der Waals surface area contributed by atoms with Crippen LogP contribution >= 0.6 is 0 Å². The fourth-order valence-electron chi connectivity index (χ4n) is 4.88. The summed E-state index contributed by atoms with van der Waals surface area (Å²) >= 11 is 0. The average Bonchev–Trinajstić information content (AvgIpc) is 3.46. The Morgan fingerprint density at radius 2 is 2.00 bits per heavy atom. The van der Waals surface area contributed by atoms with Crippen LogP contribution in [0.5, 0.6) is 5.75 Å². The molecule has 3 N–H and O–H groups in total. The summed E-state index contributed by atoms with van der Waals surface area (Å²) in [5.74, 6) is -1.40. The Morgan fingerprint density at radius 3 is 2.74 bits per heavy atom. The number of carbonyl (C=O) groups excluding carboxylic acids is 1. The van der Waals surface area contributed by atoms with Crippen LogP contribution in [0.15, 0.2) is 42.6 Å². The molecule has 1 unspecified atom stereocenters. The maximum Gasteiger partial charge on any atom is 0.573 e. The van der Waals surface area contributed by atoms with Gasteiger partial charge in [-0.05, 0) is 43.7 Å². The number of amides is 2. The number of nitrogen functional groups attached to an aromatic ring is 1. The van der Waals surface area contributed by atoms with Crippen molar-refractivity contribution in [2.45, 2.75) is 44.3 Å². The fourth-order valence-corrected chi connectivity index (χ4v) is 4.88. The molecule has 13 heteroatoms. The number of hydrogen-bond acceptors (Lipinski definition) is 6. The molecule has 2 amide bonds. The summed E-state index contributed by atoms with van der Waals surface area (Å²) in [5, 5.41) is 7.51. The van der Waals surface area contributed by atoms with Crippen LogP contribution < -0.4 is 15.8 Å². The molecule has 5 rings (SSSR count). The molecule has 2 aliphatic heterocycles. The first-order chi connectivity index (χ1) is 17.9. The van der Waals surface area contributed by atoms with Gasteiger partial charge in [-0.3, -0.25) is 4.68 Å². The number of likely N-dealkylation sites (tertiary alicyclic amines) is 1. The first kappa shape index (κ1) is 25.8. The molecular weight excluding hydrogens is 508 g/mol. The zero-order valence-electron chi connectivity index (χ0n) is 20.7. The molecule has 38 heavy (non-hydrogen) atoms. The molecule has 1 saturated heterocycles. The Balaban J connectivity index is 1.36. The van der Waals surface area contributed by atoms with E-state index in [2.05, 4.69) is 20.1 Å².